The molecule has 2 heterocycles. The molecule has 106 valence electrons. The van der Waals surface area contributed by atoms with Crippen molar-refractivity contribution in [1.82, 2.24) is 14.7 Å². The van der Waals surface area contributed by atoms with Gasteiger partial charge in [0.2, 0.25) is 0 Å². The average molecular weight is 289 g/mol. The van der Waals surface area contributed by atoms with E-state index < -0.39 is 21.4 Å². The normalized spacial score (nSPS) is 19.2. The van der Waals surface area contributed by atoms with Crippen LogP contribution in [-0.4, -0.2) is 49.2 Å². The van der Waals surface area contributed by atoms with Crippen LogP contribution in [-0.2, 0) is 19.6 Å². The first kappa shape index (κ1) is 14.0. The first-order valence-electron chi connectivity index (χ1n) is 5.75. The fourth-order valence-electron chi connectivity index (χ4n) is 1.93. The molecule has 0 aromatic carbocycles. The van der Waals surface area contributed by atoms with Gasteiger partial charge >= 0.3 is 5.97 Å². The minimum absolute atomic E-state index is 0.0832. The lowest BCUT2D eigenvalue weighted by molar-refractivity contribution is -0.154. The third kappa shape index (κ3) is 2.94. The number of carboxylic acid groups (broad SMARTS) is 1. The number of aliphatic carboxylic acids is 1. The van der Waals surface area contributed by atoms with E-state index in [9.17, 15) is 18.3 Å². The lowest BCUT2D eigenvalue weighted by Crippen LogP contribution is -2.46. The smallest absolute Gasteiger partial charge is 0.311 e. The molecule has 1 aromatic rings. The molecule has 0 spiro atoms. The van der Waals surface area contributed by atoms with E-state index in [2.05, 4.69) is 14.7 Å². The summed E-state index contributed by atoms with van der Waals surface area (Å²) in [7, 11) is -3.76. The van der Waals surface area contributed by atoms with Crippen LogP contribution in [0, 0.1) is 5.41 Å². The summed E-state index contributed by atoms with van der Waals surface area (Å²) in [6, 6.07) is 0. The SMILES string of the molecule is O=C(O)C1(CNS(=O)(=O)c2cnc[nH]2)CCOCC1. The molecule has 3 N–H and O–H groups in total. The molecule has 9 heteroatoms. The van der Waals surface area contributed by atoms with Gasteiger partial charge in [-0.05, 0) is 12.8 Å². The number of nitrogens with one attached hydrogen (secondary N) is 2. The van der Waals surface area contributed by atoms with Crippen LogP contribution in [0.15, 0.2) is 17.6 Å². The van der Waals surface area contributed by atoms with Crippen molar-refractivity contribution in [2.75, 3.05) is 19.8 Å². The number of nitrogens with zero attached hydrogens (tertiary/aromatic N) is 1. The Morgan fingerprint density at radius 1 is 1.53 bits per heavy atom. The van der Waals surface area contributed by atoms with Gasteiger partial charge in [0.05, 0.1) is 17.9 Å². The van der Waals surface area contributed by atoms with Crippen LogP contribution in [0.1, 0.15) is 12.8 Å². The van der Waals surface area contributed by atoms with E-state index in [0.29, 0.717) is 13.2 Å². The van der Waals surface area contributed by atoms with Gasteiger partial charge in [-0.1, -0.05) is 0 Å². The average Bonchev–Trinajstić information content (AvgIpc) is 2.92. The third-order valence-electron chi connectivity index (χ3n) is 3.27. The number of hydrogen-bond donors (Lipinski definition) is 3. The van der Waals surface area contributed by atoms with Crippen molar-refractivity contribution in [2.45, 2.75) is 17.9 Å². The first-order chi connectivity index (χ1) is 8.96. The molecular weight excluding hydrogens is 274 g/mol. The molecule has 1 aliphatic heterocycles. The van der Waals surface area contributed by atoms with Crippen LogP contribution in [0.2, 0.25) is 0 Å². The summed E-state index contributed by atoms with van der Waals surface area (Å²) in [6.45, 7) is 0.475. The Bertz CT molecular complexity index is 534. The van der Waals surface area contributed by atoms with Crippen LogP contribution in [0.25, 0.3) is 0 Å². The van der Waals surface area contributed by atoms with Gasteiger partial charge in [0.1, 0.15) is 0 Å². The van der Waals surface area contributed by atoms with E-state index >= 15 is 0 Å². The number of carboxylic acids is 1. The zero-order valence-corrected chi connectivity index (χ0v) is 10.9. The van der Waals surface area contributed by atoms with Gasteiger partial charge in [-0.15, -0.1) is 0 Å². The van der Waals surface area contributed by atoms with Crippen molar-refractivity contribution in [3.8, 4) is 0 Å². The summed E-state index contributed by atoms with van der Waals surface area (Å²) < 4.78 is 31.2. The van der Waals surface area contributed by atoms with Gasteiger partial charge in [-0.25, -0.2) is 18.1 Å². The number of aromatic amines is 1. The van der Waals surface area contributed by atoms with E-state index in [1.807, 2.05) is 0 Å². The van der Waals surface area contributed by atoms with E-state index in [1.165, 1.54) is 12.5 Å². The van der Waals surface area contributed by atoms with Gasteiger partial charge in [0.25, 0.3) is 10.0 Å². The van der Waals surface area contributed by atoms with Crippen molar-refractivity contribution >= 4 is 16.0 Å². The highest BCUT2D eigenvalue weighted by molar-refractivity contribution is 7.89. The van der Waals surface area contributed by atoms with Crippen molar-refractivity contribution in [1.29, 1.82) is 0 Å². The summed E-state index contributed by atoms with van der Waals surface area (Å²) in [5.41, 5.74) is -1.11. The third-order valence-corrected chi connectivity index (χ3v) is 4.59. The van der Waals surface area contributed by atoms with Crippen LogP contribution in [0.3, 0.4) is 0 Å². The maximum absolute atomic E-state index is 11.9. The summed E-state index contributed by atoms with van der Waals surface area (Å²) >= 11 is 0. The molecule has 19 heavy (non-hydrogen) atoms. The summed E-state index contributed by atoms with van der Waals surface area (Å²) in [5.74, 6) is -1.01. The Morgan fingerprint density at radius 2 is 2.21 bits per heavy atom. The zero-order valence-electron chi connectivity index (χ0n) is 10.1. The molecule has 0 radical (unpaired) electrons. The molecule has 0 aliphatic carbocycles. The molecule has 1 aromatic heterocycles. The zero-order chi connectivity index (χ0) is 13.9. The molecule has 0 unspecified atom stereocenters. The fourth-order valence-corrected chi connectivity index (χ4v) is 2.96. The highest BCUT2D eigenvalue weighted by Gasteiger charge is 2.41. The van der Waals surface area contributed by atoms with Gasteiger partial charge in [-0.3, -0.25) is 4.79 Å². The topological polar surface area (TPSA) is 121 Å². The van der Waals surface area contributed by atoms with Gasteiger partial charge in [-0.2, -0.15) is 0 Å². The van der Waals surface area contributed by atoms with Crippen molar-refractivity contribution in [2.24, 2.45) is 5.41 Å². The molecule has 2 rings (SSSR count). The Labute approximate surface area is 110 Å². The quantitative estimate of drug-likeness (QED) is 0.676. The van der Waals surface area contributed by atoms with Crippen LogP contribution in [0.4, 0.5) is 0 Å². The molecule has 0 saturated carbocycles. The van der Waals surface area contributed by atoms with E-state index in [-0.39, 0.29) is 24.4 Å². The maximum Gasteiger partial charge on any atom is 0.311 e. The van der Waals surface area contributed by atoms with E-state index in [4.69, 9.17) is 4.74 Å². The monoisotopic (exact) mass is 289 g/mol. The van der Waals surface area contributed by atoms with Crippen molar-refractivity contribution < 1.29 is 23.1 Å². The Balaban J connectivity index is 2.09. The number of rotatable bonds is 5. The van der Waals surface area contributed by atoms with Gasteiger partial charge in [0.15, 0.2) is 5.03 Å². The number of carbonyl (C=O) groups is 1. The molecule has 8 nitrogen and oxygen atoms in total. The minimum Gasteiger partial charge on any atom is -0.481 e. The second-order valence-corrected chi connectivity index (χ2v) is 6.17. The Hall–Kier alpha value is -1.45. The van der Waals surface area contributed by atoms with Crippen LogP contribution in [0.5, 0.6) is 0 Å². The van der Waals surface area contributed by atoms with Gasteiger partial charge in [0, 0.05) is 19.8 Å². The largest absolute Gasteiger partial charge is 0.481 e. The standard InChI is InChI=1S/C10H15N3O5S/c14-9(15)10(1-3-18-4-2-10)6-13-19(16,17)8-5-11-7-12-8/h5,7,13H,1-4,6H2,(H,11,12)(H,14,15). The lowest BCUT2D eigenvalue weighted by atomic mass is 9.80. The number of ether oxygens (including phenoxy) is 1. The van der Waals surface area contributed by atoms with Crippen molar-refractivity contribution in [3.05, 3.63) is 12.5 Å². The number of imidazole rings is 1. The predicted molar refractivity (Wildman–Crippen MR) is 63.9 cm³/mol. The van der Waals surface area contributed by atoms with E-state index in [1.54, 1.807) is 0 Å². The summed E-state index contributed by atoms with van der Waals surface area (Å²) in [6.07, 6.45) is 2.98. The number of sulfonamides is 1. The number of hydrogen-bond acceptors (Lipinski definition) is 5. The second kappa shape index (κ2) is 5.27. The molecule has 0 atom stereocenters. The molecule has 0 amide bonds. The Kier molecular flexibility index (Phi) is 3.88. The fraction of sp³-hybridized carbons (Fsp3) is 0.600. The summed E-state index contributed by atoms with van der Waals surface area (Å²) in [4.78, 5) is 17.5. The second-order valence-electron chi connectivity index (χ2n) is 4.44. The lowest BCUT2D eigenvalue weighted by Gasteiger charge is -2.32. The highest BCUT2D eigenvalue weighted by atomic mass is 32.2. The van der Waals surface area contributed by atoms with Gasteiger partial charge < -0.3 is 14.8 Å². The first-order valence-corrected chi connectivity index (χ1v) is 7.24. The number of H-pyrrole nitrogens is 1. The van der Waals surface area contributed by atoms with Crippen LogP contribution >= 0.6 is 0 Å². The predicted octanol–water partition coefficient (Wildman–Crippen LogP) is -0.431. The molecule has 1 aliphatic rings. The molecule has 1 saturated heterocycles. The van der Waals surface area contributed by atoms with Crippen LogP contribution < -0.4 is 4.72 Å². The molecule has 0 bridgehead atoms. The molecule has 1 fully saturated rings. The minimum atomic E-state index is -3.76. The van der Waals surface area contributed by atoms with Crippen molar-refractivity contribution in [3.63, 3.8) is 0 Å². The molecular formula is C10H15N3O5S. The number of aromatic nitrogens is 2. The Morgan fingerprint density at radius 3 is 2.74 bits per heavy atom. The maximum atomic E-state index is 11.9. The highest BCUT2D eigenvalue weighted by Crippen LogP contribution is 2.30. The van der Waals surface area contributed by atoms with E-state index in [0.717, 1.165) is 0 Å². The summed E-state index contributed by atoms with van der Waals surface area (Å²) in [5, 5.41) is 9.22.